The average Bonchev–Trinajstić information content (AvgIpc) is 2.39. The molecule has 1 atom stereocenters. The average molecular weight is 261 g/mol. The predicted octanol–water partition coefficient (Wildman–Crippen LogP) is 2.35. The van der Waals surface area contributed by atoms with Gasteiger partial charge in [0.05, 0.1) is 11.4 Å². The fourth-order valence-corrected chi connectivity index (χ4v) is 2.48. The first-order chi connectivity index (χ1) is 9.16. The number of carbonyl (C=O) groups is 1. The molecule has 1 aromatic carbocycles. The van der Waals surface area contributed by atoms with E-state index < -0.39 is 0 Å². The molecule has 0 aliphatic carbocycles. The number of carbonyl (C=O) groups excluding carboxylic acids is 1. The number of amides is 1. The molecule has 1 aliphatic rings. The first-order valence-electron chi connectivity index (χ1n) is 7.06. The number of nitrogens with one attached hydrogen (secondary N) is 1. The van der Waals surface area contributed by atoms with Gasteiger partial charge in [-0.3, -0.25) is 4.79 Å². The SMILES string of the molecule is CC(N)CC(=O)Nc1ccccc1N1CCCCC1. The van der Waals surface area contributed by atoms with Crippen LogP contribution in [0.5, 0.6) is 0 Å². The van der Waals surface area contributed by atoms with Gasteiger partial charge in [-0.25, -0.2) is 0 Å². The van der Waals surface area contributed by atoms with Gasteiger partial charge in [0.1, 0.15) is 0 Å². The largest absolute Gasteiger partial charge is 0.370 e. The smallest absolute Gasteiger partial charge is 0.225 e. The van der Waals surface area contributed by atoms with Gasteiger partial charge in [-0.15, -0.1) is 0 Å². The van der Waals surface area contributed by atoms with E-state index in [1.807, 2.05) is 25.1 Å². The summed E-state index contributed by atoms with van der Waals surface area (Å²) in [4.78, 5) is 14.2. The molecule has 104 valence electrons. The number of benzene rings is 1. The molecule has 4 heteroatoms. The lowest BCUT2D eigenvalue weighted by atomic mass is 10.1. The van der Waals surface area contributed by atoms with Gasteiger partial charge in [-0.2, -0.15) is 0 Å². The molecule has 0 spiro atoms. The van der Waals surface area contributed by atoms with Crippen LogP contribution < -0.4 is 16.0 Å². The van der Waals surface area contributed by atoms with E-state index in [4.69, 9.17) is 5.73 Å². The van der Waals surface area contributed by atoms with Crippen LogP contribution in [-0.4, -0.2) is 25.0 Å². The monoisotopic (exact) mass is 261 g/mol. The van der Waals surface area contributed by atoms with Crippen LogP contribution in [0.1, 0.15) is 32.6 Å². The van der Waals surface area contributed by atoms with Gasteiger partial charge >= 0.3 is 0 Å². The molecular formula is C15H23N3O. The van der Waals surface area contributed by atoms with E-state index >= 15 is 0 Å². The van der Waals surface area contributed by atoms with Gasteiger partial charge in [-0.1, -0.05) is 12.1 Å². The standard InChI is InChI=1S/C15H23N3O/c1-12(16)11-15(19)17-13-7-3-4-8-14(13)18-9-5-2-6-10-18/h3-4,7-8,12H,2,5-6,9-11,16H2,1H3,(H,17,19). The van der Waals surface area contributed by atoms with Crippen molar-refractivity contribution in [2.45, 2.75) is 38.6 Å². The molecule has 1 fully saturated rings. The molecule has 0 aromatic heterocycles. The Hall–Kier alpha value is -1.55. The number of hydrogen-bond acceptors (Lipinski definition) is 3. The maximum absolute atomic E-state index is 11.8. The number of hydrogen-bond donors (Lipinski definition) is 2. The highest BCUT2D eigenvalue weighted by Crippen LogP contribution is 2.28. The first-order valence-corrected chi connectivity index (χ1v) is 7.06. The lowest BCUT2D eigenvalue weighted by molar-refractivity contribution is -0.116. The van der Waals surface area contributed by atoms with E-state index in [0.717, 1.165) is 24.5 Å². The zero-order chi connectivity index (χ0) is 13.7. The van der Waals surface area contributed by atoms with E-state index in [-0.39, 0.29) is 11.9 Å². The summed E-state index contributed by atoms with van der Waals surface area (Å²) in [5.74, 6) is -0.0144. The fraction of sp³-hybridized carbons (Fsp3) is 0.533. The summed E-state index contributed by atoms with van der Waals surface area (Å²) in [6, 6.07) is 7.90. The van der Waals surface area contributed by atoms with Crippen molar-refractivity contribution in [3.63, 3.8) is 0 Å². The van der Waals surface area contributed by atoms with Crippen molar-refractivity contribution in [1.29, 1.82) is 0 Å². The number of nitrogens with zero attached hydrogens (tertiary/aromatic N) is 1. The summed E-state index contributed by atoms with van der Waals surface area (Å²) in [5.41, 5.74) is 7.68. The Labute approximate surface area is 115 Å². The van der Waals surface area contributed by atoms with Crippen LogP contribution in [0.2, 0.25) is 0 Å². The van der Waals surface area contributed by atoms with Crippen LogP contribution in [0, 0.1) is 0 Å². The lowest BCUT2D eigenvalue weighted by Gasteiger charge is -2.30. The zero-order valence-corrected chi connectivity index (χ0v) is 11.6. The van der Waals surface area contributed by atoms with Gasteiger partial charge in [0.15, 0.2) is 0 Å². The Morgan fingerprint density at radius 3 is 2.68 bits per heavy atom. The van der Waals surface area contributed by atoms with Gasteiger partial charge in [0.25, 0.3) is 0 Å². The summed E-state index contributed by atoms with van der Waals surface area (Å²) in [7, 11) is 0. The van der Waals surface area contributed by atoms with Crippen LogP contribution in [0.4, 0.5) is 11.4 Å². The topological polar surface area (TPSA) is 58.4 Å². The molecule has 1 aliphatic heterocycles. The molecule has 1 heterocycles. The number of anilines is 2. The van der Waals surface area contributed by atoms with Crippen LogP contribution in [0.3, 0.4) is 0 Å². The normalized spacial score (nSPS) is 17.1. The fourth-order valence-electron chi connectivity index (χ4n) is 2.48. The van der Waals surface area contributed by atoms with Crippen molar-refractivity contribution in [3.05, 3.63) is 24.3 Å². The maximum atomic E-state index is 11.8. The molecule has 0 bridgehead atoms. The van der Waals surface area contributed by atoms with Crippen LogP contribution in [0.15, 0.2) is 24.3 Å². The quantitative estimate of drug-likeness (QED) is 0.874. The second-order valence-corrected chi connectivity index (χ2v) is 5.29. The summed E-state index contributed by atoms with van der Waals surface area (Å²) >= 11 is 0. The van der Waals surface area contributed by atoms with Crippen LogP contribution >= 0.6 is 0 Å². The van der Waals surface area contributed by atoms with Crippen molar-refractivity contribution in [1.82, 2.24) is 0 Å². The zero-order valence-electron chi connectivity index (χ0n) is 11.6. The molecule has 19 heavy (non-hydrogen) atoms. The van der Waals surface area contributed by atoms with E-state index in [1.54, 1.807) is 0 Å². The minimum Gasteiger partial charge on any atom is -0.370 e. The third kappa shape index (κ3) is 3.96. The molecule has 0 radical (unpaired) electrons. The summed E-state index contributed by atoms with van der Waals surface area (Å²) in [6.07, 6.45) is 4.11. The second-order valence-electron chi connectivity index (χ2n) is 5.29. The highest BCUT2D eigenvalue weighted by Gasteiger charge is 2.15. The second kappa shape index (κ2) is 6.57. The predicted molar refractivity (Wildman–Crippen MR) is 79.4 cm³/mol. The minimum atomic E-state index is -0.109. The number of para-hydroxylation sites is 2. The van der Waals surface area contributed by atoms with Crippen LogP contribution in [-0.2, 0) is 4.79 Å². The van der Waals surface area contributed by atoms with Gasteiger partial charge < -0.3 is 16.0 Å². The van der Waals surface area contributed by atoms with E-state index in [1.165, 1.54) is 19.3 Å². The third-order valence-corrected chi connectivity index (χ3v) is 3.38. The van der Waals surface area contributed by atoms with Crippen molar-refractivity contribution in [2.24, 2.45) is 5.73 Å². The Kier molecular flexibility index (Phi) is 4.80. The molecule has 1 saturated heterocycles. The van der Waals surface area contributed by atoms with Crippen molar-refractivity contribution < 1.29 is 4.79 Å². The minimum absolute atomic E-state index is 0.0144. The molecular weight excluding hydrogens is 238 g/mol. The molecule has 2 rings (SSSR count). The van der Waals surface area contributed by atoms with Crippen molar-refractivity contribution in [3.8, 4) is 0 Å². The van der Waals surface area contributed by atoms with E-state index in [9.17, 15) is 4.79 Å². The molecule has 4 nitrogen and oxygen atoms in total. The maximum Gasteiger partial charge on any atom is 0.225 e. The summed E-state index contributed by atoms with van der Waals surface area (Å²) in [6.45, 7) is 3.98. The third-order valence-electron chi connectivity index (χ3n) is 3.38. The Morgan fingerprint density at radius 2 is 2.00 bits per heavy atom. The van der Waals surface area contributed by atoms with E-state index in [2.05, 4.69) is 16.3 Å². The molecule has 1 aromatic rings. The Morgan fingerprint density at radius 1 is 1.32 bits per heavy atom. The lowest BCUT2D eigenvalue weighted by Crippen LogP contribution is -2.31. The van der Waals surface area contributed by atoms with Gasteiger partial charge in [-0.05, 0) is 38.3 Å². The molecule has 1 unspecified atom stereocenters. The van der Waals surface area contributed by atoms with Crippen LogP contribution in [0.25, 0.3) is 0 Å². The summed E-state index contributed by atoms with van der Waals surface area (Å²) < 4.78 is 0. The summed E-state index contributed by atoms with van der Waals surface area (Å²) in [5, 5.41) is 2.98. The number of piperidine rings is 1. The molecule has 1 amide bonds. The van der Waals surface area contributed by atoms with Gasteiger partial charge in [0.2, 0.25) is 5.91 Å². The number of rotatable bonds is 4. The van der Waals surface area contributed by atoms with E-state index in [0.29, 0.717) is 6.42 Å². The molecule has 3 N–H and O–H groups in total. The molecule has 0 saturated carbocycles. The van der Waals surface area contributed by atoms with Crippen molar-refractivity contribution in [2.75, 3.05) is 23.3 Å². The van der Waals surface area contributed by atoms with Gasteiger partial charge in [0, 0.05) is 25.6 Å². The first kappa shape index (κ1) is 13.9. The number of nitrogens with two attached hydrogens (primary N) is 1. The highest BCUT2D eigenvalue weighted by molar-refractivity contribution is 5.94. The Bertz CT molecular complexity index is 425. The van der Waals surface area contributed by atoms with Crippen molar-refractivity contribution >= 4 is 17.3 Å². The Balaban J connectivity index is 2.09. The highest BCUT2D eigenvalue weighted by atomic mass is 16.1.